The summed E-state index contributed by atoms with van der Waals surface area (Å²) in [6.45, 7) is 2.59. The van der Waals surface area contributed by atoms with Crippen LogP contribution < -0.4 is 10.1 Å². The molecule has 6 heteroatoms. The number of ether oxygens (including phenoxy) is 1. The first kappa shape index (κ1) is 18.3. The number of benzene rings is 2. The third-order valence-electron chi connectivity index (χ3n) is 4.59. The molecule has 2 aromatic carbocycles. The number of H-pyrrole nitrogens is 1. The zero-order valence-corrected chi connectivity index (χ0v) is 15.4. The highest BCUT2D eigenvalue weighted by Crippen LogP contribution is 2.29. The van der Waals surface area contributed by atoms with Gasteiger partial charge in [0.2, 0.25) is 0 Å². The van der Waals surface area contributed by atoms with E-state index in [2.05, 4.69) is 15.3 Å². The van der Waals surface area contributed by atoms with Crippen LogP contribution in [0, 0.1) is 0 Å². The van der Waals surface area contributed by atoms with Gasteiger partial charge in [0.25, 0.3) is 5.91 Å². The molecule has 1 amide bonds. The first-order valence-corrected chi connectivity index (χ1v) is 8.72. The molecule has 0 fully saturated rings. The highest BCUT2D eigenvalue weighted by molar-refractivity contribution is 5.97. The number of aromatic amines is 1. The molecule has 1 aliphatic rings. The number of para-hydroxylation sites is 3. The molecule has 1 atom stereocenters. The number of carbonyl (C=O) groups excluding carboxylic acids is 1. The van der Waals surface area contributed by atoms with Crippen LogP contribution in [0.25, 0.3) is 11.0 Å². The Morgan fingerprint density at radius 2 is 2.04 bits per heavy atom. The van der Waals surface area contributed by atoms with Crippen molar-refractivity contribution < 1.29 is 9.53 Å². The second-order valence-electron chi connectivity index (χ2n) is 6.43. The molecule has 2 heterocycles. The normalized spacial score (nSPS) is 14.5. The number of nitrogens with one attached hydrogen (secondary N) is 2. The molecule has 26 heavy (non-hydrogen) atoms. The van der Waals surface area contributed by atoms with E-state index in [1.807, 2.05) is 49.4 Å². The van der Waals surface area contributed by atoms with E-state index >= 15 is 0 Å². The number of hydrogen-bond donors (Lipinski definition) is 2. The van der Waals surface area contributed by atoms with Crippen LogP contribution in [0.2, 0.25) is 0 Å². The average molecular weight is 372 g/mol. The van der Waals surface area contributed by atoms with Crippen LogP contribution >= 0.6 is 12.4 Å². The maximum atomic E-state index is 12.8. The predicted octanol–water partition coefficient (Wildman–Crippen LogP) is 4.19. The summed E-state index contributed by atoms with van der Waals surface area (Å²) in [5.41, 5.74) is 3.58. The molecule has 3 aromatic rings. The maximum absolute atomic E-state index is 12.8. The molecule has 4 rings (SSSR count). The van der Waals surface area contributed by atoms with Gasteiger partial charge in [-0.1, -0.05) is 24.3 Å². The van der Waals surface area contributed by atoms with Crippen molar-refractivity contribution in [3.05, 3.63) is 59.4 Å². The van der Waals surface area contributed by atoms with E-state index in [1.54, 1.807) is 0 Å². The van der Waals surface area contributed by atoms with Gasteiger partial charge in [0.1, 0.15) is 11.6 Å². The van der Waals surface area contributed by atoms with E-state index in [0.29, 0.717) is 12.2 Å². The van der Waals surface area contributed by atoms with E-state index in [1.165, 1.54) is 0 Å². The Labute approximate surface area is 158 Å². The van der Waals surface area contributed by atoms with Crippen LogP contribution in [0.4, 0.5) is 0 Å². The van der Waals surface area contributed by atoms with E-state index in [0.717, 1.165) is 47.4 Å². The SMILES string of the molecule is CC(NC(=O)c1cccc2c1OCCCC2)c1nc2ccccc2[nH]1.Cl. The number of hydrogen-bond acceptors (Lipinski definition) is 3. The zero-order valence-electron chi connectivity index (χ0n) is 14.6. The fraction of sp³-hybridized carbons (Fsp3) is 0.300. The zero-order chi connectivity index (χ0) is 17.2. The lowest BCUT2D eigenvalue weighted by Gasteiger charge is -2.15. The smallest absolute Gasteiger partial charge is 0.255 e. The Kier molecular flexibility index (Phi) is 5.47. The van der Waals surface area contributed by atoms with E-state index in [4.69, 9.17) is 4.74 Å². The van der Waals surface area contributed by atoms with Gasteiger partial charge >= 0.3 is 0 Å². The molecule has 1 aromatic heterocycles. The summed E-state index contributed by atoms with van der Waals surface area (Å²) in [5.74, 6) is 1.35. The summed E-state index contributed by atoms with van der Waals surface area (Å²) in [7, 11) is 0. The molecule has 0 saturated heterocycles. The Balaban J connectivity index is 0.00000196. The highest BCUT2D eigenvalue weighted by atomic mass is 35.5. The van der Waals surface area contributed by atoms with Crippen molar-refractivity contribution in [1.82, 2.24) is 15.3 Å². The van der Waals surface area contributed by atoms with Crippen molar-refractivity contribution in [1.29, 1.82) is 0 Å². The van der Waals surface area contributed by atoms with Crippen molar-refractivity contribution in [3.63, 3.8) is 0 Å². The van der Waals surface area contributed by atoms with Crippen molar-refractivity contribution >= 4 is 29.3 Å². The molecule has 1 aliphatic heterocycles. The number of amides is 1. The molecule has 0 radical (unpaired) electrons. The molecular weight excluding hydrogens is 350 g/mol. The third-order valence-corrected chi connectivity index (χ3v) is 4.59. The molecule has 0 aliphatic carbocycles. The van der Waals surface area contributed by atoms with Crippen LogP contribution in [-0.2, 0) is 6.42 Å². The Bertz CT molecular complexity index is 889. The van der Waals surface area contributed by atoms with Gasteiger partial charge in [-0.25, -0.2) is 4.98 Å². The second-order valence-corrected chi connectivity index (χ2v) is 6.43. The molecule has 2 N–H and O–H groups in total. The summed E-state index contributed by atoms with van der Waals surface area (Å²) in [5, 5.41) is 3.03. The number of nitrogens with zero attached hydrogens (tertiary/aromatic N) is 1. The standard InChI is InChI=1S/C20H21N3O2.ClH/c1-13(19-22-16-10-2-3-11-17(16)23-19)21-20(24)15-9-6-8-14-7-4-5-12-25-18(14)15;/h2-3,6,8-11,13H,4-5,7,12H2,1H3,(H,21,24)(H,22,23);1H. The first-order chi connectivity index (χ1) is 12.2. The van der Waals surface area contributed by atoms with Crippen LogP contribution in [0.5, 0.6) is 5.75 Å². The van der Waals surface area contributed by atoms with Gasteiger partial charge in [-0.15, -0.1) is 12.4 Å². The van der Waals surface area contributed by atoms with Gasteiger partial charge in [-0.05, 0) is 49.9 Å². The van der Waals surface area contributed by atoms with Gasteiger partial charge in [-0.2, -0.15) is 0 Å². The summed E-state index contributed by atoms with van der Waals surface area (Å²) < 4.78 is 5.85. The maximum Gasteiger partial charge on any atom is 0.255 e. The molecule has 0 saturated carbocycles. The average Bonchev–Trinajstić information content (AvgIpc) is 2.92. The lowest BCUT2D eigenvalue weighted by atomic mass is 10.0. The minimum Gasteiger partial charge on any atom is -0.492 e. The topological polar surface area (TPSA) is 67.0 Å². The van der Waals surface area contributed by atoms with Crippen molar-refractivity contribution in [3.8, 4) is 5.75 Å². The van der Waals surface area contributed by atoms with Gasteiger partial charge in [0, 0.05) is 0 Å². The Hall–Kier alpha value is -2.53. The van der Waals surface area contributed by atoms with Crippen LogP contribution in [0.1, 0.15) is 47.6 Å². The summed E-state index contributed by atoms with van der Waals surface area (Å²) in [6, 6.07) is 13.4. The quantitative estimate of drug-likeness (QED) is 0.725. The summed E-state index contributed by atoms with van der Waals surface area (Å²) >= 11 is 0. The largest absolute Gasteiger partial charge is 0.492 e. The molecule has 1 unspecified atom stereocenters. The number of carbonyl (C=O) groups is 1. The van der Waals surface area contributed by atoms with Gasteiger partial charge in [0.05, 0.1) is 29.2 Å². The number of fused-ring (bicyclic) bond motifs is 2. The van der Waals surface area contributed by atoms with E-state index in [-0.39, 0.29) is 24.4 Å². The van der Waals surface area contributed by atoms with Crippen molar-refractivity contribution in [2.45, 2.75) is 32.2 Å². The summed E-state index contributed by atoms with van der Waals surface area (Å²) in [4.78, 5) is 20.6. The van der Waals surface area contributed by atoms with Crippen LogP contribution in [-0.4, -0.2) is 22.5 Å². The van der Waals surface area contributed by atoms with Crippen LogP contribution in [0.3, 0.4) is 0 Å². The molecule has 0 bridgehead atoms. The first-order valence-electron chi connectivity index (χ1n) is 8.72. The number of rotatable bonds is 3. The van der Waals surface area contributed by atoms with Gasteiger partial charge in [0.15, 0.2) is 0 Å². The van der Waals surface area contributed by atoms with Crippen molar-refractivity contribution in [2.75, 3.05) is 6.61 Å². The van der Waals surface area contributed by atoms with Crippen LogP contribution in [0.15, 0.2) is 42.5 Å². The summed E-state index contributed by atoms with van der Waals surface area (Å²) in [6.07, 6.45) is 3.06. The van der Waals surface area contributed by atoms with Crippen molar-refractivity contribution in [2.24, 2.45) is 0 Å². The highest BCUT2D eigenvalue weighted by Gasteiger charge is 2.21. The number of imidazole rings is 1. The van der Waals surface area contributed by atoms with Gasteiger partial charge in [-0.3, -0.25) is 4.79 Å². The van der Waals surface area contributed by atoms with E-state index < -0.39 is 0 Å². The Morgan fingerprint density at radius 1 is 1.19 bits per heavy atom. The van der Waals surface area contributed by atoms with E-state index in [9.17, 15) is 4.79 Å². The molecule has 0 spiro atoms. The third kappa shape index (κ3) is 3.53. The predicted molar refractivity (Wildman–Crippen MR) is 104 cm³/mol. The Morgan fingerprint density at radius 3 is 2.88 bits per heavy atom. The minimum atomic E-state index is -0.221. The molecule has 5 nitrogen and oxygen atoms in total. The number of halogens is 1. The fourth-order valence-corrected chi connectivity index (χ4v) is 3.24. The number of aromatic nitrogens is 2. The second kappa shape index (κ2) is 7.79. The minimum absolute atomic E-state index is 0. The lowest BCUT2D eigenvalue weighted by Crippen LogP contribution is -2.28. The number of aryl methyl sites for hydroxylation is 1. The lowest BCUT2D eigenvalue weighted by molar-refractivity contribution is 0.0934. The van der Waals surface area contributed by atoms with Gasteiger partial charge < -0.3 is 15.0 Å². The fourth-order valence-electron chi connectivity index (χ4n) is 3.24. The molecular formula is C20H22ClN3O2. The monoisotopic (exact) mass is 371 g/mol. The molecule has 136 valence electrons.